The first-order valence-electron chi connectivity index (χ1n) is 5.61. The zero-order chi connectivity index (χ0) is 9.68. The molecule has 0 bridgehead atoms. The summed E-state index contributed by atoms with van der Waals surface area (Å²) < 4.78 is 0. The van der Waals surface area contributed by atoms with Crippen LogP contribution in [0.2, 0.25) is 0 Å². The third-order valence-corrected chi connectivity index (χ3v) is 2.92. The lowest BCUT2D eigenvalue weighted by atomic mass is 10.00. The van der Waals surface area contributed by atoms with Gasteiger partial charge in [0, 0.05) is 6.04 Å². The Balaban J connectivity index is 1.99. The van der Waals surface area contributed by atoms with Crippen molar-refractivity contribution in [3.8, 4) is 0 Å². The standard InChI is InChI=1S/C11H23NO/c1-9(2)12-8-4-6-10-5-3-7-11(10)13/h9-13H,3-8H2,1-2H3. The van der Waals surface area contributed by atoms with Crippen molar-refractivity contribution in [3.63, 3.8) is 0 Å². The van der Waals surface area contributed by atoms with E-state index in [2.05, 4.69) is 19.2 Å². The van der Waals surface area contributed by atoms with Crippen LogP contribution < -0.4 is 5.32 Å². The van der Waals surface area contributed by atoms with Crippen molar-refractivity contribution in [2.75, 3.05) is 6.54 Å². The molecule has 1 aliphatic carbocycles. The first kappa shape index (κ1) is 11.0. The van der Waals surface area contributed by atoms with E-state index in [1.165, 1.54) is 25.7 Å². The van der Waals surface area contributed by atoms with E-state index in [0.29, 0.717) is 12.0 Å². The molecule has 0 spiro atoms. The Morgan fingerprint density at radius 3 is 2.69 bits per heavy atom. The Hall–Kier alpha value is -0.0800. The van der Waals surface area contributed by atoms with Gasteiger partial charge in [0.1, 0.15) is 0 Å². The molecular weight excluding hydrogens is 162 g/mol. The molecule has 0 heterocycles. The zero-order valence-electron chi connectivity index (χ0n) is 8.92. The summed E-state index contributed by atoms with van der Waals surface area (Å²) in [6.45, 7) is 5.44. The molecule has 1 rings (SSSR count). The molecule has 2 N–H and O–H groups in total. The zero-order valence-corrected chi connectivity index (χ0v) is 8.92. The fraction of sp³-hybridized carbons (Fsp3) is 1.00. The van der Waals surface area contributed by atoms with Crippen molar-refractivity contribution in [2.45, 2.75) is 58.1 Å². The summed E-state index contributed by atoms with van der Waals surface area (Å²) >= 11 is 0. The van der Waals surface area contributed by atoms with Crippen LogP contribution in [0.25, 0.3) is 0 Å². The smallest absolute Gasteiger partial charge is 0.0568 e. The van der Waals surface area contributed by atoms with Gasteiger partial charge in [-0.1, -0.05) is 20.3 Å². The third-order valence-electron chi connectivity index (χ3n) is 2.92. The number of aliphatic hydroxyl groups is 1. The maximum absolute atomic E-state index is 9.58. The summed E-state index contributed by atoms with van der Waals surface area (Å²) in [5.41, 5.74) is 0. The highest BCUT2D eigenvalue weighted by Crippen LogP contribution is 2.28. The van der Waals surface area contributed by atoms with Crippen molar-refractivity contribution in [3.05, 3.63) is 0 Å². The summed E-state index contributed by atoms with van der Waals surface area (Å²) in [5.74, 6) is 0.592. The predicted molar refractivity (Wildman–Crippen MR) is 55.7 cm³/mol. The van der Waals surface area contributed by atoms with Crippen LogP contribution in [0, 0.1) is 5.92 Å². The van der Waals surface area contributed by atoms with Crippen LogP contribution >= 0.6 is 0 Å². The highest BCUT2D eigenvalue weighted by Gasteiger charge is 2.24. The number of nitrogens with one attached hydrogen (secondary N) is 1. The molecule has 0 radical (unpaired) electrons. The van der Waals surface area contributed by atoms with Gasteiger partial charge in [0.25, 0.3) is 0 Å². The Bertz CT molecular complexity index is 136. The summed E-state index contributed by atoms with van der Waals surface area (Å²) in [6.07, 6.45) is 5.90. The summed E-state index contributed by atoms with van der Waals surface area (Å²) in [7, 11) is 0. The van der Waals surface area contributed by atoms with E-state index < -0.39 is 0 Å². The number of hydrogen-bond acceptors (Lipinski definition) is 2. The van der Waals surface area contributed by atoms with Gasteiger partial charge in [0.2, 0.25) is 0 Å². The van der Waals surface area contributed by atoms with Crippen LogP contribution in [0.3, 0.4) is 0 Å². The van der Waals surface area contributed by atoms with Crippen molar-refractivity contribution >= 4 is 0 Å². The molecule has 1 saturated carbocycles. The van der Waals surface area contributed by atoms with Crippen LogP contribution in [0.15, 0.2) is 0 Å². The van der Waals surface area contributed by atoms with Gasteiger partial charge in [-0.15, -0.1) is 0 Å². The van der Waals surface area contributed by atoms with Crippen LogP contribution in [0.1, 0.15) is 46.0 Å². The molecule has 0 aliphatic heterocycles. The van der Waals surface area contributed by atoms with Gasteiger partial charge in [-0.3, -0.25) is 0 Å². The molecule has 0 aromatic heterocycles. The Morgan fingerprint density at radius 2 is 2.15 bits per heavy atom. The maximum atomic E-state index is 9.58. The second-order valence-corrected chi connectivity index (χ2v) is 4.51. The fourth-order valence-corrected chi connectivity index (χ4v) is 2.11. The van der Waals surface area contributed by atoms with E-state index >= 15 is 0 Å². The summed E-state index contributed by atoms with van der Waals surface area (Å²) in [4.78, 5) is 0. The molecule has 0 aromatic rings. The first-order chi connectivity index (χ1) is 6.20. The minimum Gasteiger partial charge on any atom is -0.393 e. The van der Waals surface area contributed by atoms with E-state index in [0.717, 1.165) is 13.0 Å². The normalized spacial score (nSPS) is 28.6. The van der Waals surface area contributed by atoms with Crippen molar-refractivity contribution in [2.24, 2.45) is 5.92 Å². The number of hydrogen-bond donors (Lipinski definition) is 2. The fourth-order valence-electron chi connectivity index (χ4n) is 2.11. The lowest BCUT2D eigenvalue weighted by Gasteiger charge is -2.14. The highest BCUT2D eigenvalue weighted by atomic mass is 16.3. The van der Waals surface area contributed by atoms with Crippen LogP contribution in [0.4, 0.5) is 0 Å². The third kappa shape index (κ3) is 4.10. The Labute approximate surface area is 81.7 Å². The van der Waals surface area contributed by atoms with Crippen molar-refractivity contribution < 1.29 is 5.11 Å². The number of aliphatic hydroxyl groups excluding tert-OH is 1. The lowest BCUT2D eigenvalue weighted by molar-refractivity contribution is 0.126. The molecule has 78 valence electrons. The van der Waals surface area contributed by atoms with Gasteiger partial charge in [-0.25, -0.2) is 0 Å². The molecule has 13 heavy (non-hydrogen) atoms. The molecule has 1 fully saturated rings. The number of rotatable bonds is 5. The van der Waals surface area contributed by atoms with Crippen molar-refractivity contribution in [1.29, 1.82) is 0 Å². The van der Waals surface area contributed by atoms with Crippen LogP contribution in [-0.4, -0.2) is 23.8 Å². The van der Waals surface area contributed by atoms with Crippen LogP contribution in [-0.2, 0) is 0 Å². The topological polar surface area (TPSA) is 32.3 Å². The van der Waals surface area contributed by atoms with Gasteiger partial charge >= 0.3 is 0 Å². The van der Waals surface area contributed by atoms with Gasteiger partial charge in [-0.05, 0) is 38.1 Å². The minimum absolute atomic E-state index is 0.000880. The van der Waals surface area contributed by atoms with E-state index in [1.807, 2.05) is 0 Å². The minimum atomic E-state index is -0.000880. The average molecular weight is 185 g/mol. The Kier molecular flexibility index (Phi) is 4.74. The molecule has 0 aromatic carbocycles. The molecule has 2 nitrogen and oxygen atoms in total. The highest BCUT2D eigenvalue weighted by molar-refractivity contribution is 4.76. The van der Waals surface area contributed by atoms with E-state index in [4.69, 9.17) is 0 Å². The molecular formula is C11H23NO. The van der Waals surface area contributed by atoms with Gasteiger partial charge in [-0.2, -0.15) is 0 Å². The van der Waals surface area contributed by atoms with Crippen molar-refractivity contribution in [1.82, 2.24) is 5.32 Å². The van der Waals surface area contributed by atoms with Crippen LogP contribution in [0.5, 0.6) is 0 Å². The Morgan fingerprint density at radius 1 is 1.38 bits per heavy atom. The molecule has 0 saturated heterocycles. The first-order valence-corrected chi connectivity index (χ1v) is 5.61. The predicted octanol–water partition coefficient (Wildman–Crippen LogP) is 1.93. The van der Waals surface area contributed by atoms with Gasteiger partial charge in [0.05, 0.1) is 6.10 Å². The van der Waals surface area contributed by atoms with Gasteiger partial charge in [0.15, 0.2) is 0 Å². The molecule has 2 heteroatoms. The molecule has 2 unspecified atom stereocenters. The molecule has 1 aliphatic rings. The second kappa shape index (κ2) is 5.61. The quantitative estimate of drug-likeness (QED) is 0.641. The summed E-state index contributed by atoms with van der Waals surface area (Å²) in [5, 5.41) is 13.0. The lowest BCUT2D eigenvalue weighted by Crippen LogP contribution is -2.24. The molecule has 2 atom stereocenters. The second-order valence-electron chi connectivity index (χ2n) is 4.51. The van der Waals surface area contributed by atoms with E-state index in [-0.39, 0.29) is 6.10 Å². The maximum Gasteiger partial charge on any atom is 0.0568 e. The molecule has 0 amide bonds. The largest absolute Gasteiger partial charge is 0.393 e. The van der Waals surface area contributed by atoms with E-state index in [1.54, 1.807) is 0 Å². The van der Waals surface area contributed by atoms with E-state index in [9.17, 15) is 5.11 Å². The summed E-state index contributed by atoms with van der Waals surface area (Å²) in [6, 6.07) is 0.591. The SMILES string of the molecule is CC(C)NCCCC1CCCC1O. The monoisotopic (exact) mass is 185 g/mol. The average Bonchev–Trinajstić information content (AvgIpc) is 2.45. The van der Waals surface area contributed by atoms with Gasteiger partial charge < -0.3 is 10.4 Å².